The fourth-order valence-corrected chi connectivity index (χ4v) is 2.35. The lowest BCUT2D eigenvalue weighted by Crippen LogP contribution is -2.29. The quantitative estimate of drug-likeness (QED) is 0.753. The summed E-state index contributed by atoms with van der Waals surface area (Å²) < 4.78 is 10.5. The zero-order chi connectivity index (χ0) is 16.8. The van der Waals surface area contributed by atoms with Crippen LogP contribution in [0.25, 0.3) is 10.8 Å². The van der Waals surface area contributed by atoms with Gasteiger partial charge in [-0.3, -0.25) is 0 Å². The lowest BCUT2D eigenvalue weighted by Gasteiger charge is -2.16. The third-order valence-electron chi connectivity index (χ3n) is 3.61. The van der Waals surface area contributed by atoms with Crippen molar-refractivity contribution in [2.75, 3.05) is 0 Å². The SMILES string of the molecule is CCC[C@H](C)OC(=O)[C@H](C)OC(=O)c1ccc2ccccc2c1. The second-order valence-electron chi connectivity index (χ2n) is 5.65. The van der Waals surface area contributed by atoms with Crippen molar-refractivity contribution in [3.63, 3.8) is 0 Å². The van der Waals surface area contributed by atoms with Crippen molar-refractivity contribution in [3.05, 3.63) is 48.0 Å². The molecule has 0 saturated carbocycles. The third kappa shape index (κ3) is 4.55. The summed E-state index contributed by atoms with van der Waals surface area (Å²) in [5, 5.41) is 2.00. The highest BCUT2D eigenvalue weighted by molar-refractivity contribution is 5.96. The Morgan fingerprint density at radius 1 is 1.00 bits per heavy atom. The maximum atomic E-state index is 12.2. The minimum Gasteiger partial charge on any atom is -0.460 e. The van der Waals surface area contributed by atoms with E-state index in [-0.39, 0.29) is 6.10 Å². The topological polar surface area (TPSA) is 52.6 Å². The van der Waals surface area contributed by atoms with E-state index < -0.39 is 18.0 Å². The molecular formula is C19H22O4. The van der Waals surface area contributed by atoms with Crippen LogP contribution in [-0.2, 0) is 14.3 Å². The Morgan fingerprint density at radius 2 is 1.70 bits per heavy atom. The molecule has 2 rings (SSSR count). The summed E-state index contributed by atoms with van der Waals surface area (Å²) in [5.41, 5.74) is 0.421. The average Bonchev–Trinajstić information content (AvgIpc) is 2.54. The van der Waals surface area contributed by atoms with Gasteiger partial charge >= 0.3 is 11.9 Å². The van der Waals surface area contributed by atoms with E-state index in [0.29, 0.717) is 5.56 Å². The summed E-state index contributed by atoms with van der Waals surface area (Å²) >= 11 is 0. The van der Waals surface area contributed by atoms with Gasteiger partial charge in [-0.1, -0.05) is 43.7 Å². The normalized spacial score (nSPS) is 13.3. The van der Waals surface area contributed by atoms with Crippen molar-refractivity contribution in [1.29, 1.82) is 0 Å². The van der Waals surface area contributed by atoms with Crippen LogP contribution in [0.15, 0.2) is 42.5 Å². The van der Waals surface area contributed by atoms with Gasteiger partial charge < -0.3 is 9.47 Å². The number of carbonyl (C=O) groups excluding carboxylic acids is 2. The molecule has 2 aromatic carbocycles. The molecule has 2 atom stereocenters. The van der Waals surface area contributed by atoms with Gasteiger partial charge in [0, 0.05) is 0 Å². The average molecular weight is 314 g/mol. The Morgan fingerprint density at radius 3 is 2.39 bits per heavy atom. The molecule has 122 valence electrons. The van der Waals surface area contributed by atoms with Crippen LogP contribution < -0.4 is 0 Å². The molecule has 0 bridgehead atoms. The first-order chi connectivity index (χ1) is 11.0. The van der Waals surface area contributed by atoms with Gasteiger partial charge in [0.05, 0.1) is 11.7 Å². The molecule has 0 aliphatic rings. The van der Waals surface area contributed by atoms with Crippen molar-refractivity contribution in [3.8, 4) is 0 Å². The van der Waals surface area contributed by atoms with Crippen LogP contribution in [-0.4, -0.2) is 24.1 Å². The highest BCUT2D eigenvalue weighted by Gasteiger charge is 2.22. The molecule has 0 unspecified atom stereocenters. The fourth-order valence-electron chi connectivity index (χ4n) is 2.35. The number of hydrogen-bond donors (Lipinski definition) is 0. The van der Waals surface area contributed by atoms with Crippen LogP contribution >= 0.6 is 0 Å². The lowest BCUT2D eigenvalue weighted by molar-refractivity contribution is -0.158. The zero-order valence-electron chi connectivity index (χ0n) is 13.7. The first kappa shape index (κ1) is 17.0. The lowest BCUT2D eigenvalue weighted by atomic mass is 10.1. The van der Waals surface area contributed by atoms with Gasteiger partial charge in [-0.25, -0.2) is 9.59 Å². The molecule has 0 N–H and O–H groups in total. The second kappa shape index (κ2) is 7.77. The molecule has 0 aliphatic carbocycles. The van der Waals surface area contributed by atoms with Crippen LogP contribution in [0.1, 0.15) is 44.0 Å². The van der Waals surface area contributed by atoms with Crippen LogP contribution in [0.3, 0.4) is 0 Å². The molecule has 23 heavy (non-hydrogen) atoms. The largest absolute Gasteiger partial charge is 0.460 e. The molecule has 0 fully saturated rings. The van der Waals surface area contributed by atoms with Gasteiger partial charge in [0.1, 0.15) is 0 Å². The van der Waals surface area contributed by atoms with E-state index in [0.717, 1.165) is 23.6 Å². The van der Waals surface area contributed by atoms with Crippen molar-refractivity contribution < 1.29 is 19.1 Å². The summed E-state index contributed by atoms with van der Waals surface area (Å²) in [6.45, 7) is 5.38. The van der Waals surface area contributed by atoms with Gasteiger partial charge in [0.2, 0.25) is 0 Å². The molecule has 0 amide bonds. The van der Waals surface area contributed by atoms with E-state index in [1.807, 2.05) is 44.2 Å². The predicted octanol–water partition coefficient (Wildman–Crippen LogP) is 4.12. The summed E-state index contributed by atoms with van der Waals surface area (Å²) in [7, 11) is 0. The first-order valence-corrected chi connectivity index (χ1v) is 7.91. The Labute approximate surface area is 136 Å². The van der Waals surface area contributed by atoms with Gasteiger partial charge in [-0.2, -0.15) is 0 Å². The summed E-state index contributed by atoms with van der Waals surface area (Å²) in [6.07, 6.45) is 0.624. The Hall–Kier alpha value is -2.36. The maximum absolute atomic E-state index is 12.2. The van der Waals surface area contributed by atoms with Gasteiger partial charge in [0.25, 0.3) is 0 Å². The van der Waals surface area contributed by atoms with E-state index in [4.69, 9.17) is 9.47 Å². The zero-order valence-corrected chi connectivity index (χ0v) is 13.7. The number of carbonyl (C=O) groups is 2. The number of hydrogen-bond acceptors (Lipinski definition) is 4. The van der Waals surface area contributed by atoms with Crippen LogP contribution in [0, 0.1) is 0 Å². The van der Waals surface area contributed by atoms with E-state index >= 15 is 0 Å². The number of fused-ring (bicyclic) bond motifs is 1. The van der Waals surface area contributed by atoms with Crippen molar-refractivity contribution in [1.82, 2.24) is 0 Å². The van der Waals surface area contributed by atoms with Gasteiger partial charge in [0.15, 0.2) is 6.10 Å². The fraction of sp³-hybridized carbons (Fsp3) is 0.368. The number of rotatable bonds is 6. The molecule has 0 radical (unpaired) electrons. The second-order valence-corrected chi connectivity index (χ2v) is 5.65. The number of ether oxygens (including phenoxy) is 2. The molecule has 2 aromatic rings. The van der Waals surface area contributed by atoms with Crippen LogP contribution in [0.4, 0.5) is 0 Å². The van der Waals surface area contributed by atoms with Crippen molar-refractivity contribution >= 4 is 22.7 Å². The van der Waals surface area contributed by atoms with E-state index in [9.17, 15) is 9.59 Å². The van der Waals surface area contributed by atoms with E-state index in [1.54, 1.807) is 12.1 Å². The van der Waals surface area contributed by atoms with Crippen LogP contribution in [0.2, 0.25) is 0 Å². The van der Waals surface area contributed by atoms with Crippen molar-refractivity contribution in [2.24, 2.45) is 0 Å². The number of esters is 2. The minimum absolute atomic E-state index is 0.172. The molecule has 4 heteroatoms. The summed E-state index contributed by atoms with van der Waals surface area (Å²) in [5.74, 6) is -1.04. The molecule has 0 aromatic heterocycles. The first-order valence-electron chi connectivity index (χ1n) is 7.91. The summed E-state index contributed by atoms with van der Waals surface area (Å²) in [6, 6.07) is 13.1. The highest BCUT2D eigenvalue weighted by Crippen LogP contribution is 2.17. The van der Waals surface area contributed by atoms with Crippen molar-refractivity contribution in [2.45, 2.75) is 45.8 Å². The summed E-state index contributed by atoms with van der Waals surface area (Å²) in [4.78, 5) is 24.1. The Kier molecular flexibility index (Phi) is 5.74. The Bertz CT molecular complexity index is 693. The standard InChI is InChI=1S/C19H22O4/c1-4-7-13(2)22-18(20)14(3)23-19(21)17-11-10-15-8-5-6-9-16(15)12-17/h5-6,8-14H,4,7H2,1-3H3/t13-,14-/m0/s1. The van der Waals surface area contributed by atoms with Crippen LogP contribution in [0.5, 0.6) is 0 Å². The monoisotopic (exact) mass is 314 g/mol. The molecule has 0 aliphatic heterocycles. The minimum atomic E-state index is -0.923. The van der Waals surface area contributed by atoms with Gasteiger partial charge in [-0.05, 0) is 43.2 Å². The molecule has 0 saturated heterocycles. The smallest absolute Gasteiger partial charge is 0.347 e. The third-order valence-corrected chi connectivity index (χ3v) is 3.61. The highest BCUT2D eigenvalue weighted by atomic mass is 16.6. The predicted molar refractivity (Wildman–Crippen MR) is 89.3 cm³/mol. The molecular weight excluding hydrogens is 292 g/mol. The molecule has 0 spiro atoms. The number of benzene rings is 2. The Balaban J connectivity index is 2.00. The van der Waals surface area contributed by atoms with E-state index in [1.165, 1.54) is 6.92 Å². The molecule has 4 nitrogen and oxygen atoms in total. The maximum Gasteiger partial charge on any atom is 0.347 e. The molecule has 0 heterocycles. The van der Waals surface area contributed by atoms with E-state index in [2.05, 4.69) is 0 Å². The van der Waals surface area contributed by atoms with Gasteiger partial charge in [-0.15, -0.1) is 0 Å².